The van der Waals surface area contributed by atoms with Crippen LogP contribution >= 0.6 is 0 Å². The summed E-state index contributed by atoms with van der Waals surface area (Å²) in [6, 6.07) is 4.40. The van der Waals surface area contributed by atoms with Crippen molar-refractivity contribution in [3.63, 3.8) is 0 Å². The topological polar surface area (TPSA) is 87.0 Å². The number of carbonyl (C=O) groups is 1. The van der Waals surface area contributed by atoms with Gasteiger partial charge < -0.3 is 20.1 Å². The van der Waals surface area contributed by atoms with Crippen LogP contribution in [0.2, 0.25) is 0 Å². The van der Waals surface area contributed by atoms with Gasteiger partial charge in [0.05, 0.1) is 13.0 Å². The number of carboxylic acid groups (broad SMARTS) is 1. The monoisotopic (exact) mass is 226 g/mol. The highest BCUT2D eigenvalue weighted by Gasteiger charge is 2.20. The Balaban J connectivity index is 3.01. The molecule has 0 saturated carbocycles. The minimum atomic E-state index is -1.03. The van der Waals surface area contributed by atoms with E-state index >= 15 is 0 Å². The molecule has 5 nitrogen and oxygen atoms in total. The van der Waals surface area contributed by atoms with Crippen molar-refractivity contribution in [2.75, 3.05) is 13.7 Å². The molecule has 0 fully saturated rings. The van der Waals surface area contributed by atoms with Crippen LogP contribution in [0.25, 0.3) is 0 Å². The molecule has 0 aliphatic heterocycles. The lowest BCUT2D eigenvalue weighted by Crippen LogP contribution is -2.13. The summed E-state index contributed by atoms with van der Waals surface area (Å²) in [7, 11) is 1.41. The third-order valence-corrected chi connectivity index (χ3v) is 2.32. The maximum absolute atomic E-state index is 10.9. The van der Waals surface area contributed by atoms with Gasteiger partial charge in [0, 0.05) is 6.61 Å². The molecule has 0 aromatic heterocycles. The summed E-state index contributed by atoms with van der Waals surface area (Å²) in [5.41, 5.74) is 0.444. The van der Waals surface area contributed by atoms with Crippen LogP contribution in [0.1, 0.15) is 17.9 Å². The Labute approximate surface area is 92.9 Å². The fourth-order valence-electron chi connectivity index (χ4n) is 1.49. The molecule has 0 aliphatic carbocycles. The van der Waals surface area contributed by atoms with E-state index in [-0.39, 0.29) is 24.5 Å². The summed E-state index contributed by atoms with van der Waals surface area (Å²) in [5, 5.41) is 27.2. The molecule has 16 heavy (non-hydrogen) atoms. The van der Waals surface area contributed by atoms with Gasteiger partial charge in [0.25, 0.3) is 0 Å². The number of hydrogen-bond donors (Lipinski definition) is 3. The molecule has 0 aliphatic rings. The van der Waals surface area contributed by atoms with Gasteiger partial charge in [0.2, 0.25) is 0 Å². The molecule has 0 amide bonds. The second kappa shape index (κ2) is 5.37. The zero-order valence-corrected chi connectivity index (χ0v) is 8.88. The van der Waals surface area contributed by atoms with Crippen LogP contribution in [0.4, 0.5) is 0 Å². The van der Waals surface area contributed by atoms with Crippen LogP contribution in [0.3, 0.4) is 0 Å². The first-order valence-electron chi connectivity index (χ1n) is 4.80. The van der Waals surface area contributed by atoms with E-state index in [4.69, 9.17) is 14.9 Å². The number of aliphatic carboxylic acids is 1. The number of ether oxygens (including phenoxy) is 1. The van der Waals surface area contributed by atoms with Crippen LogP contribution in [0.15, 0.2) is 18.2 Å². The molecule has 0 heterocycles. The van der Waals surface area contributed by atoms with Crippen LogP contribution < -0.4 is 4.74 Å². The molecule has 5 heteroatoms. The van der Waals surface area contributed by atoms with E-state index in [9.17, 15) is 9.90 Å². The molecular formula is C11H14O5. The number of aliphatic hydroxyl groups is 1. The van der Waals surface area contributed by atoms with Gasteiger partial charge >= 0.3 is 5.97 Å². The Bertz CT molecular complexity index is 375. The van der Waals surface area contributed by atoms with Crippen LogP contribution in [-0.2, 0) is 4.79 Å². The van der Waals surface area contributed by atoms with E-state index in [0.717, 1.165) is 0 Å². The highest BCUT2D eigenvalue weighted by molar-refractivity contribution is 5.76. The average Bonchev–Trinajstić information content (AvgIpc) is 2.25. The first-order chi connectivity index (χ1) is 7.60. The minimum Gasteiger partial charge on any atom is -0.504 e. The Morgan fingerprint density at radius 3 is 2.62 bits per heavy atom. The van der Waals surface area contributed by atoms with Crippen molar-refractivity contribution in [1.29, 1.82) is 0 Å². The van der Waals surface area contributed by atoms with E-state index in [1.165, 1.54) is 19.2 Å². The number of aliphatic hydroxyl groups excluding tert-OH is 1. The molecule has 1 rings (SSSR count). The fraction of sp³-hybridized carbons (Fsp3) is 0.364. The molecule has 1 unspecified atom stereocenters. The summed E-state index contributed by atoms with van der Waals surface area (Å²) in [6.07, 6.45) is 0.112. The summed E-state index contributed by atoms with van der Waals surface area (Å²) in [4.78, 5) is 10.9. The Hall–Kier alpha value is -1.75. The Morgan fingerprint density at radius 2 is 2.19 bits per heavy atom. The summed E-state index contributed by atoms with van der Waals surface area (Å²) in [6.45, 7) is -0.218. The summed E-state index contributed by atoms with van der Waals surface area (Å²) >= 11 is 0. The smallest absolute Gasteiger partial charge is 0.311 e. The van der Waals surface area contributed by atoms with E-state index in [2.05, 4.69) is 0 Å². The van der Waals surface area contributed by atoms with Crippen LogP contribution in [-0.4, -0.2) is 35.0 Å². The van der Waals surface area contributed by atoms with Gasteiger partial charge in [-0.25, -0.2) is 0 Å². The predicted molar refractivity (Wildman–Crippen MR) is 56.7 cm³/mol. The lowest BCUT2D eigenvalue weighted by atomic mass is 9.96. The second-order valence-corrected chi connectivity index (χ2v) is 3.33. The third kappa shape index (κ3) is 2.64. The quantitative estimate of drug-likeness (QED) is 0.695. The number of phenols is 1. The fourth-order valence-corrected chi connectivity index (χ4v) is 1.49. The number of rotatable bonds is 5. The molecule has 0 spiro atoms. The van der Waals surface area contributed by atoms with Crippen LogP contribution in [0.5, 0.6) is 11.5 Å². The zero-order chi connectivity index (χ0) is 12.1. The van der Waals surface area contributed by atoms with Gasteiger partial charge in [0.1, 0.15) is 0 Å². The summed E-state index contributed by atoms with van der Waals surface area (Å²) < 4.78 is 4.85. The van der Waals surface area contributed by atoms with E-state index in [0.29, 0.717) is 5.56 Å². The first-order valence-corrected chi connectivity index (χ1v) is 4.80. The average molecular weight is 226 g/mol. The van der Waals surface area contributed by atoms with E-state index < -0.39 is 11.9 Å². The van der Waals surface area contributed by atoms with Crippen molar-refractivity contribution in [2.24, 2.45) is 0 Å². The Kier molecular flexibility index (Phi) is 4.13. The zero-order valence-electron chi connectivity index (χ0n) is 8.88. The molecular weight excluding hydrogens is 212 g/mol. The van der Waals surface area contributed by atoms with Crippen LogP contribution in [0, 0.1) is 0 Å². The van der Waals surface area contributed by atoms with E-state index in [1.54, 1.807) is 6.07 Å². The second-order valence-electron chi connectivity index (χ2n) is 3.33. The van der Waals surface area contributed by atoms with Gasteiger partial charge in [-0.3, -0.25) is 4.79 Å². The molecule has 88 valence electrons. The largest absolute Gasteiger partial charge is 0.504 e. The molecule has 0 saturated heterocycles. The number of carboxylic acids is 1. The lowest BCUT2D eigenvalue weighted by molar-refractivity contribution is -0.139. The first kappa shape index (κ1) is 12.3. The maximum Gasteiger partial charge on any atom is 0.311 e. The standard InChI is InChI=1S/C11H14O5/c1-16-10-3-2-7(6-9(10)13)8(4-5-12)11(14)15/h2-3,6,8,12-13H,4-5H2,1H3,(H,14,15). The third-order valence-electron chi connectivity index (χ3n) is 2.32. The summed E-state index contributed by atoms with van der Waals surface area (Å²) in [5.74, 6) is -1.67. The number of benzene rings is 1. The molecule has 1 atom stereocenters. The number of aromatic hydroxyl groups is 1. The number of phenolic OH excluding ortho intramolecular Hbond substituents is 1. The molecule has 1 aromatic carbocycles. The van der Waals surface area contributed by atoms with Gasteiger partial charge in [-0.1, -0.05) is 6.07 Å². The molecule has 1 aromatic rings. The van der Waals surface area contributed by atoms with Gasteiger partial charge in [-0.05, 0) is 24.1 Å². The molecule has 0 bridgehead atoms. The number of hydrogen-bond acceptors (Lipinski definition) is 4. The van der Waals surface area contributed by atoms with Crippen molar-refractivity contribution in [1.82, 2.24) is 0 Å². The predicted octanol–water partition coefficient (Wildman–Crippen LogP) is 0.951. The van der Waals surface area contributed by atoms with Crippen molar-refractivity contribution in [3.05, 3.63) is 23.8 Å². The van der Waals surface area contributed by atoms with Crippen molar-refractivity contribution >= 4 is 5.97 Å². The highest BCUT2D eigenvalue weighted by Crippen LogP contribution is 2.30. The maximum atomic E-state index is 10.9. The molecule has 3 N–H and O–H groups in total. The number of methoxy groups -OCH3 is 1. The SMILES string of the molecule is COc1ccc(C(CCO)C(=O)O)cc1O. The highest BCUT2D eigenvalue weighted by atomic mass is 16.5. The normalized spacial score (nSPS) is 12.1. The van der Waals surface area contributed by atoms with Gasteiger partial charge in [-0.2, -0.15) is 0 Å². The molecule has 0 radical (unpaired) electrons. The van der Waals surface area contributed by atoms with Gasteiger partial charge in [0.15, 0.2) is 11.5 Å². The minimum absolute atomic E-state index is 0.107. The van der Waals surface area contributed by atoms with E-state index in [1.807, 2.05) is 0 Å². The van der Waals surface area contributed by atoms with Gasteiger partial charge in [-0.15, -0.1) is 0 Å². The van der Waals surface area contributed by atoms with Crippen molar-refractivity contribution < 1.29 is 24.9 Å². The Morgan fingerprint density at radius 1 is 1.50 bits per heavy atom. The lowest BCUT2D eigenvalue weighted by Gasteiger charge is -2.12. The van der Waals surface area contributed by atoms with Crippen molar-refractivity contribution in [2.45, 2.75) is 12.3 Å². The van der Waals surface area contributed by atoms with Crippen molar-refractivity contribution in [3.8, 4) is 11.5 Å².